The van der Waals surface area contributed by atoms with E-state index >= 15 is 0 Å². The first-order chi connectivity index (χ1) is 13.2. The maximum Gasteiger partial charge on any atom is 0.187 e. The Morgan fingerprint density at radius 1 is 1.15 bits per heavy atom. The smallest absolute Gasteiger partial charge is 0.187 e. The van der Waals surface area contributed by atoms with Gasteiger partial charge in [0.2, 0.25) is 0 Å². The van der Waals surface area contributed by atoms with Crippen LogP contribution in [0.4, 0.5) is 0 Å². The topological polar surface area (TPSA) is 48.9 Å². The number of nitrogens with zero attached hydrogens (tertiary/aromatic N) is 2. The largest absolute Gasteiger partial charge is 0.379 e. The zero-order chi connectivity index (χ0) is 18.9. The zero-order valence-electron chi connectivity index (χ0n) is 16.4. The molecule has 2 aliphatic rings. The van der Waals surface area contributed by atoms with Crippen LogP contribution in [0.15, 0.2) is 29.4 Å². The van der Waals surface area contributed by atoms with E-state index in [9.17, 15) is 0 Å². The molecule has 0 unspecified atom stereocenters. The lowest BCUT2D eigenvalue weighted by molar-refractivity contribution is 0.0389. The zero-order valence-corrected chi connectivity index (χ0v) is 17.2. The van der Waals surface area contributed by atoms with Crippen LogP contribution in [0.5, 0.6) is 0 Å². The van der Waals surface area contributed by atoms with Crippen LogP contribution in [-0.2, 0) is 4.74 Å². The first-order valence-electron chi connectivity index (χ1n) is 10.2. The highest BCUT2D eigenvalue weighted by atomic mass is 32.1. The molecule has 27 heavy (non-hydrogen) atoms. The van der Waals surface area contributed by atoms with Crippen LogP contribution in [0.25, 0.3) is 0 Å². The number of hydrogen-bond donors (Lipinski definition) is 2. The Labute approximate surface area is 168 Å². The van der Waals surface area contributed by atoms with Gasteiger partial charge in [0, 0.05) is 26.2 Å². The van der Waals surface area contributed by atoms with Crippen molar-refractivity contribution in [3.8, 4) is 0 Å². The van der Waals surface area contributed by atoms with E-state index < -0.39 is 0 Å². The molecule has 0 aromatic heterocycles. The van der Waals surface area contributed by atoms with Crippen LogP contribution in [-0.4, -0.2) is 55.1 Å². The second kappa shape index (κ2) is 10.7. The van der Waals surface area contributed by atoms with Crippen LogP contribution in [0.3, 0.4) is 0 Å². The van der Waals surface area contributed by atoms with Gasteiger partial charge in [0.25, 0.3) is 0 Å². The van der Waals surface area contributed by atoms with Crippen LogP contribution >= 0.6 is 12.2 Å². The molecule has 0 spiro atoms. The molecular weight excluding hydrogens is 356 g/mol. The number of thiocarbonyl (C=S) groups is 1. The minimum atomic E-state index is 0.571. The molecule has 1 aromatic carbocycles. The number of hydrogen-bond acceptors (Lipinski definition) is 4. The van der Waals surface area contributed by atoms with Gasteiger partial charge in [0.15, 0.2) is 5.11 Å². The number of rotatable bonds is 6. The molecule has 0 bridgehead atoms. The number of ether oxygens (including phenoxy) is 1. The van der Waals surface area contributed by atoms with Crippen molar-refractivity contribution >= 4 is 23.0 Å². The minimum absolute atomic E-state index is 0.571. The van der Waals surface area contributed by atoms with Gasteiger partial charge >= 0.3 is 0 Å². The average molecular weight is 389 g/mol. The van der Waals surface area contributed by atoms with Crippen molar-refractivity contribution in [3.63, 3.8) is 0 Å². The molecule has 0 radical (unpaired) electrons. The summed E-state index contributed by atoms with van der Waals surface area (Å²) in [5, 5.41) is 8.22. The normalized spacial score (nSPS) is 19.7. The summed E-state index contributed by atoms with van der Waals surface area (Å²) < 4.78 is 5.36. The lowest BCUT2D eigenvalue weighted by Gasteiger charge is -2.26. The Morgan fingerprint density at radius 2 is 1.85 bits per heavy atom. The van der Waals surface area contributed by atoms with Gasteiger partial charge in [-0.1, -0.05) is 43.5 Å². The Kier molecular flexibility index (Phi) is 8.05. The van der Waals surface area contributed by atoms with Crippen LogP contribution < -0.4 is 10.7 Å². The van der Waals surface area contributed by atoms with E-state index in [0.717, 1.165) is 56.6 Å². The van der Waals surface area contributed by atoms with Crippen molar-refractivity contribution in [1.29, 1.82) is 0 Å². The molecule has 1 heterocycles. The molecule has 0 amide bonds. The molecule has 1 saturated heterocycles. The van der Waals surface area contributed by atoms with Crippen molar-refractivity contribution in [2.45, 2.75) is 44.9 Å². The first-order valence-corrected chi connectivity index (χ1v) is 10.6. The Morgan fingerprint density at radius 3 is 2.56 bits per heavy atom. The summed E-state index contributed by atoms with van der Waals surface area (Å²) >= 11 is 5.32. The predicted molar refractivity (Wildman–Crippen MR) is 115 cm³/mol. The lowest BCUT2D eigenvalue weighted by Crippen LogP contribution is -2.42. The molecule has 5 nitrogen and oxygen atoms in total. The van der Waals surface area contributed by atoms with Crippen LogP contribution in [0, 0.1) is 0 Å². The monoisotopic (exact) mass is 388 g/mol. The Balaban J connectivity index is 1.41. The first kappa shape index (κ1) is 20.2. The van der Waals surface area contributed by atoms with Crippen LogP contribution in [0.2, 0.25) is 0 Å². The summed E-state index contributed by atoms with van der Waals surface area (Å²) in [5.74, 6) is 0.742. The number of morpholine rings is 1. The summed E-state index contributed by atoms with van der Waals surface area (Å²) in [6, 6.07) is 8.89. The van der Waals surface area contributed by atoms with Crippen LogP contribution in [0.1, 0.15) is 56.1 Å². The maximum absolute atomic E-state index is 5.36. The molecule has 1 aliphatic heterocycles. The van der Waals surface area contributed by atoms with Gasteiger partial charge in [0.1, 0.15) is 0 Å². The summed E-state index contributed by atoms with van der Waals surface area (Å²) in [6.07, 6.45) is 6.79. The fourth-order valence-electron chi connectivity index (χ4n) is 3.82. The van der Waals surface area contributed by atoms with E-state index in [2.05, 4.69) is 45.0 Å². The Bertz CT molecular complexity index is 620. The van der Waals surface area contributed by atoms with Gasteiger partial charge in [-0.3, -0.25) is 10.3 Å². The van der Waals surface area contributed by atoms with Crippen molar-refractivity contribution in [1.82, 2.24) is 15.6 Å². The van der Waals surface area contributed by atoms with Gasteiger partial charge in [-0.2, -0.15) is 5.10 Å². The Hall–Kier alpha value is -1.50. The number of hydrazone groups is 1. The predicted octanol–water partition coefficient (Wildman–Crippen LogP) is 3.25. The second-order valence-corrected chi connectivity index (χ2v) is 7.88. The highest BCUT2D eigenvalue weighted by molar-refractivity contribution is 7.80. The molecular formula is C21H32N4OS. The van der Waals surface area contributed by atoms with Crippen molar-refractivity contribution < 1.29 is 4.74 Å². The fourth-order valence-corrected chi connectivity index (χ4v) is 3.97. The molecule has 1 saturated carbocycles. The molecule has 1 aromatic rings. The number of benzene rings is 1. The van der Waals surface area contributed by atoms with E-state index in [4.69, 9.17) is 17.0 Å². The van der Waals surface area contributed by atoms with Gasteiger partial charge < -0.3 is 10.1 Å². The summed E-state index contributed by atoms with van der Waals surface area (Å²) in [6.45, 7) is 7.44. The van der Waals surface area contributed by atoms with Gasteiger partial charge in [-0.05, 0) is 49.0 Å². The minimum Gasteiger partial charge on any atom is -0.379 e. The van der Waals surface area contributed by atoms with Crippen molar-refractivity contribution in [3.05, 3.63) is 35.4 Å². The molecule has 3 rings (SSSR count). The van der Waals surface area contributed by atoms with Gasteiger partial charge in [0.05, 0.1) is 18.9 Å². The lowest BCUT2D eigenvalue weighted by atomic mass is 9.84. The third-order valence-electron chi connectivity index (χ3n) is 5.55. The van der Waals surface area contributed by atoms with E-state index in [1.807, 2.05) is 6.92 Å². The summed E-state index contributed by atoms with van der Waals surface area (Å²) in [5.41, 5.74) is 6.52. The van der Waals surface area contributed by atoms with Crippen molar-refractivity contribution in [2.75, 3.05) is 39.4 Å². The third-order valence-corrected chi connectivity index (χ3v) is 5.78. The summed E-state index contributed by atoms with van der Waals surface area (Å²) in [7, 11) is 0. The van der Waals surface area contributed by atoms with E-state index in [1.165, 1.54) is 37.7 Å². The van der Waals surface area contributed by atoms with Gasteiger partial charge in [-0.25, -0.2) is 0 Å². The molecule has 2 N–H and O–H groups in total. The van der Waals surface area contributed by atoms with E-state index in [1.54, 1.807) is 0 Å². The summed E-state index contributed by atoms with van der Waals surface area (Å²) in [4.78, 5) is 2.38. The standard InChI is InChI=1S/C21H32N4OS/c1-17(18-7-9-20(10-8-18)19-5-3-2-4-6-19)23-24-21(27)22-11-12-25-13-15-26-16-14-25/h7-10,19H,2-6,11-16H2,1H3,(H2,22,24,27)/b23-17+. The van der Waals surface area contributed by atoms with Gasteiger partial charge in [-0.15, -0.1) is 0 Å². The molecule has 148 valence electrons. The SMILES string of the molecule is C/C(=N\NC(=S)NCCN1CCOCC1)c1ccc(C2CCCCC2)cc1. The quantitative estimate of drug-likeness (QED) is 0.445. The highest BCUT2D eigenvalue weighted by Crippen LogP contribution is 2.32. The molecule has 6 heteroatoms. The van der Waals surface area contributed by atoms with Crippen molar-refractivity contribution in [2.24, 2.45) is 5.10 Å². The van der Waals surface area contributed by atoms with E-state index in [0.29, 0.717) is 5.11 Å². The third kappa shape index (κ3) is 6.55. The molecule has 0 atom stereocenters. The molecule has 2 fully saturated rings. The average Bonchev–Trinajstić information content (AvgIpc) is 2.73. The maximum atomic E-state index is 5.36. The number of nitrogens with one attached hydrogen (secondary N) is 2. The second-order valence-electron chi connectivity index (χ2n) is 7.48. The highest BCUT2D eigenvalue weighted by Gasteiger charge is 2.15. The molecule has 1 aliphatic carbocycles. The van der Waals surface area contributed by atoms with E-state index in [-0.39, 0.29) is 0 Å². The fraction of sp³-hybridized carbons (Fsp3) is 0.619.